The van der Waals surface area contributed by atoms with Crippen molar-refractivity contribution in [2.45, 2.75) is 25.3 Å². The first-order chi connectivity index (χ1) is 19.1. The first kappa shape index (κ1) is 24.9. The Bertz CT molecular complexity index is 1540. The number of carbonyl (C=O) groups excluding carboxylic acids is 2. The monoisotopic (exact) mass is 521 g/mol. The molecule has 2 heterocycles. The number of nitrogens with one attached hydrogen (secondary N) is 3. The quantitative estimate of drug-likeness (QED) is 0.344. The third kappa shape index (κ3) is 5.15. The molecule has 4 aromatic rings. The first-order valence-electron chi connectivity index (χ1n) is 13.5. The fourth-order valence-corrected chi connectivity index (χ4v) is 5.28. The number of H-pyrrole nitrogens is 1. The van der Waals surface area contributed by atoms with Gasteiger partial charge in [0.15, 0.2) is 0 Å². The van der Waals surface area contributed by atoms with E-state index in [2.05, 4.69) is 27.8 Å². The molecule has 8 nitrogen and oxygen atoms in total. The van der Waals surface area contributed by atoms with E-state index < -0.39 is 5.69 Å². The molecule has 198 valence electrons. The molecule has 3 aromatic carbocycles. The Labute approximate surface area is 226 Å². The third-order valence-electron chi connectivity index (χ3n) is 7.43. The van der Waals surface area contributed by atoms with Crippen LogP contribution in [-0.2, 0) is 11.2 Å². The summed E-state index contributed by atoms with van der Waals surface area (Å²) in [6, 6.07) is 26.7. The Morgan fingerprint density at radius 1 is 0.897 bits per heavy atom. The van der Waals surface area contributed by atoms with Crippen LogP contribution in [0.4, 0.5) is 5.69 Å². The fraction of sp³-hybridized carbons (Fsp3) is 0.258. The van der Waals surface area contributed by atoms with Gasteiger partial charge < -0.3 is 20.5 Å². The van der Waals surface area contributed by atoms with Crippen LogP contribution in [0.2, 0.25) is 0 Å². The zero-order valence-corrected chi connectivity index (χ0v) is 21.6. The van der Waals surface area contributed by atoms with Gasteiger partial charge in [-0.05, 0) is 37.0 Å². The molecule has 1 aliphatic carbocycles. The lowest BCUT2D eigenvalue weighted by Gasteiger charge is -2.36. The summed E-state index contributed by atoms with van der Waals surface area (Å²) in [6.45, 7) is 1.88. The second kappa shape index (κ2) is 10.7. The van der Waals surface area contributed by atoms with E-state index in [1.807, 2.05) is 65.6 Å². The van der Waals surface area contributed by atoms with E-state index in [0.717, 1.165) is 24.0 Å². The van der Waals surface area contributed by atoms with Crippen LogP contribution in [0.25, 0.3) is 16.9 Å². The number of aromatic amines is 1. The Morgan fingerprint density at radius 2 is 1.59 bits per heavy atom. The van der Waals surface area contributed by atoms with Crippen molar-refractivity contribution >= 4 is 17.5 Å². The van der Waals surface area contributed by atoms with Gasteiger partial charge in [0, 0.05) is 37.2 Å². The molecule has 0 bridgehead atoms. The van der Waals surface area contributed by atoms with Crippen LogP contribution < -0.4 is 16.3 Å². The highest BCUT2D eigenvalue weighted by atomic mass is 16.2. The van der Waals surface area contributed by atoms with Gasteiger partial charge in [0.05, 0.1) is 17.1 Å². The molecule has 2 amide bonds. The van der Waals surface area contributed by atoms with Crippen LogP contribution in [0, 0.1) is 5.92 Å². The minimum absolute atomic E-state index is 0.0148. The van der Waals surface area contributed by atoms with Gasteiger partial charge in [-0.1, -0.05) is 72.8 Å². The van der Waals surface area contributed by atoms with E-state index in [9.17, 15) is 14.4 Å². The fourth-order valence-electron chi connectivity index (χ4n) is 5.28. The zero-order valence-electron chi connectivity index (χ0n) is 21.6. The maximum atomic E-state index is 14.2. The summed E-state index contributed by atoms with van der Waals surface area (Å²) in [5.74, 6) is -0.249. The Morgan fingerprint density at radius 3 is 2.33 bits per heavy atom. The van der Waals surface area contributed by atoms with Gasteiger partial charge in [-0.2, -0.15) is 0 Å². The van der Waals surface area contributed by atoms with Crippen molar-refractivity contribution in [2.24, 2.45) is 5.92 Å². The van der Waals surface area contributed by atoms with E-state index in [4.69, 9.17) is 0 Å². The summed E-state index contributed by atoms with van der Waals surface area (Å²) in [6.07, 6.45) is 2.46. The number of hydrogen-bond acceptors (Lipinski definition) is 4. The highest BCUT2D eigenvalue weighted by Gasteiger charge is 2.33. The molecule has 1 aliphatic heterocycles. The van der Waals surface area contributed by atoms with Gasteiger partial charge in [-0.3, -0.25) is 14.2 Å². The molecule has 1 atom stereocenters. The van der Waals surface area contributed by atoms with Crippen molar-refractivity contribution in [3.63, 3.8) is 0 Å². The van der Waals surface area contributed by atoms with Gasteiger partial charge in [0.1, 0.15) is 5.69 Å². The normalized spacial score (nSPS) is 17.1. The van der Waals surface area contributed by atoms with Crippen LogP contribution >= 0.6 is 0 Å². The number of benzene rings is 3. The van der Waals surface area contributed by atoms with E-state index in [1.165, 1.54) is 4.57 Å². The van der Waals surface area contributed by atoms with Gasteiger partial charge in [-0.15, -0.1) is 0 Å². The molecule has 0 unspecified atom stereocenters. The largest absolute Gasteiger partial charge is 0.331 e. The SMILES string of the molecule is O=C(Nc1ccccc1-n1c(-c2ccccc2)c(C(=O)N2CCNC[C@H]2Cc2ccccc2)[nH]c1=O)C1CC1. The average molecular weight is 522 g/mol. The van der Waals surface area contributed by atoms with Gasteiger partial charge in [0.2, 0.25) is 5.91 Å². The van der Waals surface area contributed by atoms with Crippen molar-refractivity contribution in [1.82, 2.24) is 19.8 Å². The first-order valence-corrected chi connectivity index (χ1v) is 13.5. The van der Waals surface area contributed by atoms with Gasteiger partial charge in [0.25, 0.3) is 5.91 Å². The maximum Gasteiger partial charge on any atom is 0.331 e. The van der Waals surface area contributed by atoms with E-state index >= 15 is 0 Å². The Hall–Kier alpha value is -4.43. The Balaban J connectivity index is 1.43. The number of para-hydroxylation sites is 2. The third-order valence-corrected chi connectivity index (χ3v) is 7.43. The summed E-state index contributed by atoms with van der Waals surface area (Å²) in [5, 5.41) is 6.41. The summed E-state index contributed by atoms with van der Waals surface area (Å²) in [4.78, 5) is 45.2. The van der Waals surface area contributed by atoms with Crippen LogP contribution in [0.15, 0.2) is 89.7 Å². The molecular weight excluding hydrogens is 490 g/mol. The molecule has 1 aromatic heterocycles. The second-order valence-corrected chi connectivity index (χ2v) is 10.2. The number of nitrogens with zero attached hydrogens (tertiary/aromatic N) is 2. The van der Waals surface area contributed by atoms with Crippen molar-refractivity contribution in [3.8, 4) is 16.9 Å². The number of rotatable bonds is 7. The predicted molar refractivity (Wildman–Crippen MR) is 151 cm³/mol. The van der Waals surface area contributed by atoms with E-state index in [0.29, 0.717) is 43.1 Å². The van der Waals surface area contributed by atoms with Crippen molar-refractivity contribution in [2.75, 3.05) is 25.0 Å². The van der Waals surface area contributed by atoms with Crippen molar-refractivity contribution in [3.05, 3.63) is 107 Å². The smallest absolute Gasteiger partial charge is 0.331 e. The minimum atomic E-state index is -0.430. The molecule has 2 aliphatic rings. The predicted octanol–water partition coefficient (Wildman–Crippen LogP) is 3.84. The lowest BCUT2D eigenvalue weighted by atomic mass is 10.0. The molecule has 6 rings (SSSR count). The summed E-state index contributed by atoms with van der Waals surface area (Å²) < 4.78 is 1.51. The molecule has 1 saturated heterocycles. The highest BCUT2D eigenvalue weighted by Crippen LogP contribution is 2.33. The number of aromatic nitrogens is 2. The van der Waals surface area contributed by atoms with Gasteiger partial charge >= 0.3 is 5.69 Å². The zero-order chi connectivity index (χ0) is 26.8. The second-order valence-electron chi connectivity index (χ2n) is 10.2. The average Bonchev–Trinajstić information content (AvgIpc) is 3.77. The molecule has 0 radical (unpaired) electrons. The molecule has 2 fully saturated rings. The number of anilines is 1. The molecule has 8 heteroatoms. The summed E-state index contributed by atoms with van der Waals surface area (Å²) >= 11 is 0. The van der Waals surface area contributed by atoms with E-state index in [-0.39, 0.29) is 29.5 Å². The number of imidazole rings is 1. The molecule has 1 saturated carbocycles. The van der Waals surface area contributed by atoms with Crippen molar-refractivity contribution in [1.29, 1.82) is 0 Å². The number of amides is 2. The molecule has 3 N–H and O–H groups in total. The summed E-state index contributed by atoms with van der Waals surface area (Å²) in [5.41, 5.74) is 3.24. The van der Waals surface area contributed by atoms with Crippen LogP contribution in [-0.4, -0.2) is 51.9 Å². The maximum absolute atomic E-state index is 14.2. The highest BCUT2D eigenvalue weighted by molar-refractivity contribution is 6.00. The molecule has 39 heavy (non-hydrogen) atoms. The lowest BCUT2D eigenvalue weighted by Crippen LogP contribution is -2.54. The topological polar surface area (TPSA) is 99.2 Å². The minimum Gasteiger partial charge on any atom is -0.331 e. The number of piperazine rings is 1. The van der Waals surface area contributed by atoms with E-state index in [1.54, 1.807) is 12.1 Å². The Kier molecular flexibility index (Phi) is 6.85. The van der Waals surface area contributed by atoms with Gasteiger partial charge in [-0.25, -0.2) is 4.79 Å². The summed E-state index contributed by atoms with van der Waals surface area (Å²) in [7, 11) is 0. The number of carbonyl (C=O) groups is 2. The van der Waals surface area contributed by atoms with Crippen LogP contribution in [0.1, 0.15) is 28.9 Å². The van der Waals surface area contributed by atoms with Crippen LogP contribution in [0.3, 0.4) is 0 Å². The van der Waals surface area contributed by atoms with Crippen molar-refractivity contribution < 1.29 is 9.59 Å². The van der Waals surface area contributed by atoms with Crippen LogP contribution in [0.5, 0.6) is 0 Å². The lowest BCUT2D eigenvalue weighted by molar-refractivity contribution is -0.117. The number of hydrogen-bond donors (Lipinski definition) is 3. The molecular formula is C31H31N5O3. The standard InChI is InChI=1S/C31H31N5O3/c37-29(23-15-16-23)33-25-13-7-8-14-26(25)36-28(22-11-5-2-6-12-22)27(34-31(36)39)30(38)35-18-17-32-20-24(35)19-21-9-3-1-4-10-21/h1-14,23-24,32H,15-20H2,(H,33,37)(H,34,39)/t24-/m1/s1. The molecule has 0 spiro atoms.